The highest BCUT2D eigenvalue weighted by Crippen LogP contribution is 2.25. The van der Waals surface area contributed by atoms with Gasteiger partial charge in [0, 0.05) is 11.6 Å². The molecule has 18 heavy (non-hydrogen) atoms. The summed E-state index contributed by atoms with van der Waals surface area (Å²) in [5, 5.41) is 3.22. The van der Waals surface area contributed by atoms with Crippen LogP contribution in [-0.4, -0.2) is 25.8 Å². The second-order valence-corrected chi connectivity index (χ2v) is 7.28. The minimum Gasteiger partial charge on any atom is -0.378 e. The van der Waals surface area contributed by atoms with E-state index >= 15 is 0 Å². The molecule has 0 saturated heterocycles. The van der Waals surface area contributed by atoms with Crippen LogP contribution >= 0.6 is 0 Å². The predicted octanol–water partition coefficient (Wildman–Crippen LogP) is 2.02. The van der Waals surface area contributed by atoms with E-state index in [-0.39, 0.29) is 17.3 Å². The van der Waals surface area contributed by atoms with E-state index in [2.05, 4.69) is 5.32 Å². The molecule has 0 aromatic heterocycles. The molecule has 0 aliphatic heterocycles. The van der Waals surface area contributed by atoms with Gasteiger partial charge in [0.1, 0.15) is 0 Å². The first-order valence-electron chi connectivity index (χ1n) is 6.06. The van der Waals surface area contributed by atoms with Crippen molar-refractivity contribution in [3.05, 3.63) is 24.3 Å². The van der Waals surface area contributed by atoms with Crippen molar-refractivity contribution in [3.63, 3.8) is 0 Å². The quantitative estimate of drug-likeness (QED) is 0.858. The number of benzene rings is 1. The molecule has 3 N–H and O–H groups in total. The van der Waals surface area contributed by atoms with Crippen molar-refractivity contribution >= 4 is 15.5 Å². The number of sulfone groups is 1. The first-order valence-corrected chi connectivity index (χ1v) is 7.71. The Bertz CT molecular complexity index is 507. The van der Waals surface area contributed by atoms with Gasteiger partial charge in [0.2, 0.25) is 0 Å². The van der Waals surface area contributed by atoms with Gasteiger partial charge in [0.05, 0.1) is 16.3 Å². The van der Waals surface area contributed by atoms with E-state index in [4.69, 9.17) is 5.73 Å². The Labute approximate surface area is 110 Å². The summed E-state index contributed by atoms with van der Waals surface area (Å²) < 4.78 is 24.0. The van der Waals surface area contributed by atoms with E-state index in [0.29, 0.717) is 10.6 Å². The normalized spacial score (nSPS) is 14.3. The summed E-state index contributed by atoms with van der Waals surface area (Å²) >= 11 is 0. The van der Waals surface area contributed by atoms with Crippen LogP contribution in [0.1, 0.15) is 27.7 Å². The van der Waals surface area contributed by atoms with E-state index in [1.165, 1.54) is 0 Å². The Balaban J connectivity index is 3.20. The van der Waals surface area contributed by atoms with Gasteiger partial charge in [-0.1, -0.05) is 19.1 Å². The molecule has 5 heteroatoms. The number of hydrogen-bond donors (Lipinski definition) is 2. The summed E-state index contributed by atoms with van der Waals surface area (Å²) in [6, 6.07) is 6.83. The van der Waals surface area contributed by atoms with Crippen LogP contribution in [0.25, 0.3) is 0 Å². The number of rotatable bonds is 5. The minimum absolute atomic E-state index is 0.0876. The van der Waals surface area contributed by atoms with E-state index < -0.39 is 9.84 Å². The lowest BCUT2D eigenvalue weighted by Gasteiger charge is -2.32. The number of hydrogen-bond acceptors (Lipinski definition) is 4. The van der Waals surface area contributed by atoms with Crippen molar-refractivity contribution in [2.24, 2.45) is 5.73 Å². The van der Waals surface area contributed by atoms with Crippen molar-refractivity contribution in [3.8, 4) is 0 Å². The minimum atomic E-state index is -3.23. The summed E-state index contributed by atoms with van der Waals surface area (Å²) in [4.78, 5) is 0.334. The van der Waals surface area contributed by atoms with E-state index in [1.807, 2.05) is 26.8 Å². The Morgan fingerprint density at radius 3 is 2.39 bits per heavy atom. The predicted molar refractivity (Wildman–Crippen MR) is 75.5 cm³/mol. The van der Waals surface area contributed by atoms with Crippen molar-refractivity contribution in [2.75, 3.05) is 11.1 Å². The zero-order chi connectivity index (χ0) is 14.0. The average Bonchev–Trinajstić information content (AvgIpc) is 2.29. The summed E-state index contributed by atoms with van der Waals surface area (Å²) in [5.74, 6) is 0.0876. The SMILES string of the molecule is CCS(=O)(=O)c1ccccc1NC(C)(C)C(C)N. The van der Waals surface area contributed by atoms with Gasteiger partial charge in [-0.15, -0.1) is 0 Å². The van der Waals surface area contributed by atoms with E-state index in [1.54, 1.807) is 25.1 Å². The average molecular weight is 270 g/mol. The molecule has 1 unspecified atom stereocenters. The molecule has 0 amide bonds. The van der Waals surface area contributed by atoms with Crippen molar-refractivity contribution in [2.45, 2.75) is 44.2 Å². The second-order valence-electron chi connectivity index (χ2n) is 5.03. The van der Waals surface area contributed by atoms with Crippen LogP contribution in [0.15, 0.2) is 29.2 Å². The fraction of sp³-hybridized carbons (Fsp3) is 0.538. The molecule has 0 bridgehead atoms. The highest BCUT2D eigenvalue weighted by Gasteiger charge is 2.25. The Morgan fingerprint density at radius 1 is 1.33 bits per heavy atom. The van der Waals surface area contributed by atoms with Crippen molar-refractivity contribution in [1.29, 1.82) is 0 Å². The third-order valence-corrected chi connectivity index (χ3v) is 4.98. The standard InChI is InChI=1S/C13H22N2O2S/c1-5-18(16,17)12-9-7-6-8-11(12)15-13(3,4)10(2)14/h6-10,15H,5,14H2,1-4H3. The van der Waals surface area contributed by atoms with Gasteiger partial charge in [-0.05, 0) is 32.9 Å². The molecule has 0 aliphatic carbocycles. The Kier molecular flexibility index (Phi) is 4.40. The zero-order valence-electron chi connectivity index (χ0n) is 11.4. The van der Waals surface area contributed by atoms with Gasteiger partial charge in [0.15, 0.2) is 9.84 Å². The van der Waals surface area contributed by atoms with Crippen LogP contribution in [0.5, 0.6) is 0 Å². The molecular weight excluding hydrogens is 248 g/mol. The molecule has 1 aromatic rings. The van der Waals surface area contributed by atoms with Crippen LogP contribution in [0.4, 0.5) is 5.69 Å². The lowest BCUT2D eigenvalue weighted by Crippen LogP contribution is -2.47. The van der Waals surface area contributed by atoms with Crippen LogP contribution in [-0.2, 0) is 9.84 Å². The largest absolute Gasteiger partial charge is 0.378 e. The highest BCUT2D eigenvalue weighted by molar-refractivity contribution is 7.91. The van der Waals surface area contributed by atoms with Crippen LogP contribution < -0.4 is 11.1 Å². The van der Waals surface area contributed by atoms with Crippen LogP contribution in [0.3, 0.4) is 0 Å². The molecule has 1 atom stereocenters. The topological polar surface area (TPSA) is 72.2 Å². The highest BCUT2D eigenvalue weighted by atomic mass is 32.2. The lowest BCUT2D eigenvalue weighted by atomic mass is 9.96. The van der Waals surface area contributed by atoms with Gasteiger partial charge in [0.25, 0.3) is 0 Å². The fourth-order valence-corrected chi connectivity index (χ4v) is 2.51. The molecule has 0 heterocycles. The molecule has 102 valence electrons. The van der Waals surface area contributed by atoms with Gasteiger partial charge < -0.3 is 11.1 Å². The number of para-hydroxylation sites is 1. The molecule has 0 aliphatic rings. The van der Waals surface area contributed by atoms with Gasteiger partial charge in [-0.2, -0.15) is 0 Å². The molecule has 0 fully saturated rings. The van der Waals surface area contributed by atoms with Gasteiger partial charge >= 0.3 is 0 Å². The third kappa shape index (κ3) is 3.23. The summed E-state index contributed by atoms with van der Waals surface area (Å²) in [5.41, 5.74) is 6.13. The lowest BCUT2D eigenvalue weighted by molar-refractivity contribution is 0.469. The molecule has 1 aromatic carbocycles. The first-order chi connectivity index (χ1) is 8.20. The number of nitrogens with one attached hydrogen (secondary N) is 1. The molecular formula is C13H22N2O2S. The molecule has 1 rings (SSSR count). The van der Waals surface area contributed by atoms with Gasteiger partial charge in [-0.25, -0.2) is 8.42 Å². The van der Waals surface area contributed by atoms with E-state index in [0.717, 1.165) is 0 Å². The van der Waals surface area contributed by atoms with Crippen LogP contribution in [0.2, 0.25) is 0 Å². The monoisotopic (exact) mass is 270 g/mol. The summed E-state index contributed by atoms with van der Waals surface area (Å²) in [6.07, 6.45) is 0. The number of anilines is 1. The number of nitrogens with two attached hydrogens (primary N) is 1. The van der Waals surface area contributed by atoms with E-state index in [9.17, 15) is 8.42 Å². The maximum atomic E-state index is 12.0. The fourth-order valence-electron chi connectivity index (χ4n) is 1.46. The molecule has 4 nitrogen and oxygen atoms in total. The summed E-state index contributed by atoms with van der Waals surface area (Å²) in [7, 11) is -3.23. The molecule has 0 radical (unpaired) electrons. The van der Waals surface area contributed by atoms with Crippen molar-refractivity contribution < 1.29 is 8.42 Å². The zero-order valence-corrected chi connectivity index (χ0v) is 12.2. The Hall–Kier alpha value is -1.07. The van der Waals surface area contributed by atoms with Crippen LogP contribution in [0, 0.1) is 0 Å². The molecule has 0 spiro atoms. The first kappa shape index (κ1) is 15.0. The maximum absolute atomic E-state index is 12.0. The van der Waals surface area contributed by atoms with Crippen molar-refractivity contribution in [1.82, 2.24) is 0 Å². The second kappa shape index (κ2) is 5.28. The third-order valence-electron chi connectivity index (χ3n) is 3.20. The Morgan fingerprint density at radius 2 is 1.89 bits per heavy atom. The summed E-state index contributed by atoms with van der Waals surface area (Å²) in [6.45, 7) is 7.44. The smallest absolute Gasteiger partial charge is 0.180 e. The molecule has 0 saturated carbocycles. The maximum Gasteiger partial charge on any atom is 0.180 e. The van der Waals surface area contributed by atoms with Gasteiger partial charge in [-0.3, -0.25) is 0 Å².